The first-order valence-corrected chi connectivity index (χ1v) is 6.99. The molecule has 2 rings (SSSR count). The van der Waals surface area contributed by atoms with Gasteiger partial charge in [-0.1, -0.05) is 41.1 Å². The Morgan fingerprint density at radius 2 is 1.58 bits per heavy atom. The van der Waals surface area contributed by atoms with Crippen molar-refractivity contribution in [2.45, 2.75) is 16.7 Å². The average molecular weight is 295 g/mol. The molecule has 0 aliphatic rings. The molecule has 0 N–H and O–H groups in total. The fourth-order valence-corrected chi connectivity index (χ4v) is 2.90. The van der Waals surface area contributed by atoms with Crippen molar-refractivity contribution < 1.29 is 9.47 Å². The van der Waals surface area contributed by atoms with E-state index in [1.807, 2.05) is 6.07 Å². The molecule has 0 fully saturated rings. The molecular weight excluding hydrogens is 280 g/mol. The highest BCUT2D eigenvalue weighted by Crippen LogP contribution is 2.40. The summed E-state index contributed by atoms with van der Waals surface area (Å²) >= 11 is 7.77. The van der Waals surface area contributed by atoms with E-state index in [0.29, 0.717) is 10.8 Å². The molecule has 0 radical (unpaired) electrons. The molecule has 0 unspecified atom stereocenters. The van der Waals surface area contributed by atoms with Crippen LogP contribution in [0.3, 0.4) is 0 Å². The minimum atomic E-state index is 0.581. The van der Waals surface area contributed by atoms with Crippen LogP contribution in [0.15, 0.2) is 46.2 Å². The van der Waals surface area contributed by atoms with Gasteiger partial charge in [0.1, 0.15) is 11.5 Å². The Kier molecular flexibility index (Phi) is 4.61. The summed E-state index contributed by atoms with van der Waals surface area (Å²) < 4.78 is 10.6. The van der Waals surface area contributed by atoms with Crippen molar-refractivity contribution >= 4 is 23.4 Å². The molecule has 0 aliphatic carbocycles. The average Bonchev–Trinajstić information content (AvgIpc) is 2.42. The van der Waals surface area contributed by atoms with Crippen LogP contribution in [0.5, 0.6) is 11.5 Å². The van der Waals surface area contributed by atoms with Gasteiger partial charge in [0.25, 0.3) is 0 Å². The number of aryl methyl sites for hydroxylation is 1. The lowest BCUT2D eigenvalue weighted by molar-refractivity contribution is 0.387. The summed E-state index contributed by atoms with van der Waals surface area (Å²) in [6.45, 7) is 2.07. The van der Waals surface area contributed by atoms with Crippen molar-refractivity contribution in [3.05, 3.63) is 47.0 Å². The van der Waals surface area contributed by atoms with Crippen LogP contribution in [-0.2, 0) is 0 Å². The molecule has 0 saturated heterocycles. The highest BCUT2D eigenvalue weighted by molar-refractivity contribution is 7.99. The van der Waals surface area contributed by atoms with Crippen LogP contribution < -0.4 is 9.47 Å². The number of hydrogen-bond acceptors (Lipinski definition) is 3. The number of benzene rings is 2. The fraction of sp³-hybridized carbons (Fsp3) is 0.200. The molecule has 2 aromatic carbocycles. The Morgan fingerprint density at radius 3 is 2.16 bits per heavy atom. The third-order valence-electron chi connectivity index (χ3n) is 2.69. The number of halogens is 1. The van der Waals surface area contributed by atoms with Crippen LogP contribution in [0.25, 0.3) is 0 Å². The maximum Gasteiger partial charge on any atom is 0.141 e. The van der Waals surface area contributed by atoms with Crippen LogP contribution in [0.1, 0.15) is 5.56 Å². The van der Waals surface area contributed by atoms with Crippen molar-refractivity contribution in [3.8, 4) is 11.5 Å². The zero-order chi connectivity index (χ0) is 13.8. The third kappa shape index (κ3) is 3.37. The predicted octanol–water partition coefficient (Wildman–Crippen LogP) is 4.82. The second-order valence-corrected chi connectivity index (χ2v) is 5.58. The Morgan fingerprint density at radius 1 is 0.947 bits per heavy atom. The summed E-state index contributed by atoms with van der Waals surface area (Å²) in [6.07, 6.45) is 0. The summed E-state index contributed by atoms with van der Waals surface area (Å²) in [5.74, 6) is 1.37. The first kappa shape index (κ1) is 14.1. The second-order valence-electron chi connectivity index (χ2n) is 4.05. The van der Waals surface area contributed by atoms with E-state index < -0.39 is 0 Å². The molecule has 0 atom stereocenters. The standard InChI is InChI=1S/C15H15ClO2S/c1-10-4-6-11(7-5-10)19-15-8-12(16)13(17-2)9-14(15)18-3/h4-9H,1-3H3. The highest BCUT2D eigenvalue weighted by Gasteiger charge is 2.11. The van der Waals surface area contributed by atoms with E-state index in [4.69, 9.17) is 21.1 Å². The quantitative estimate of drug-likeness (QED) is 0.805. The number of hydrogen-bond donors (Lipinski definition) is 0. The number of ether oxygens (including phenoxy) is 2. The van der Waals surface area contributed by atoms with Gasteiger partial charge in [-0.3, -0.25) is 0 Å². The van der Waals surface area contributed by atoms with Gasteiger partial charge in [-0.05, 0) is 25.1 Å². The van der Waals surface area contributed by atoms with Crippen LogP contribution >= 0.6 is 23.4 Å². The van der Waals surface area contributed by atoms with Crippen LogP contribution in [0, 0.1) is 6.92 Å². The zero-order valence-electron chi connectivity index (χ0n) is 11.1. The summed E-state index contributed by atoms with van der Waals surface area (Å²) in [7, 11) is 3.23. The lowest BCUT2D eigenvalue weighted by Gasteiger charge is -2.11. The molecule has 0 aromatic heterocycles. The van der Waals surface area contributed by atoms with E-state index in [2.05, 4.69) is 31.2 Å². The molecule has 100 valence electrons. The predicted molar refractivity (Wildman–Crippen MR) is 79.9 cm³/mol. The normalized spacial score (nSPS) is 10.3. The molecule has 2 nitrogen and oxygen atoms in total. The van der Waals surface area contributed by atoms with Crippen LogP contribution in [0.2, 0.25) is 5.02 Å². The van der Waals surface area contributed by atoms with E-state index in [-0.39, 0.29) is 0 Å². The van der Waals surface area contributed by atoms with Crippen LogP contribution in [0.4, 0.5) is 0 Å². The molecule has 2 aromatic rings. The highest BCUT2D eigenvalue weighted by atomic mass is 35.5. The van der Waals surface area contributed by atoms with Gasteiger partial charge < -0.3 is 9.47 Å². The molecule has 19 heavy (non-hydrogen) atoms. The third-order valence-corrected chi connectivity index (χ3v) is 4.03. The largest absolute Gasteiger partial charge is 0.495 e. The SMILES string of the molecule is COc1cc(OC)c(Sc2ccc(C)cc2)cc1Cl. The van der Waals surface area contributed by atoms with E-state index in [0.717, 1.165) is 15.5 Å². The summed E-state index contributed by atoms with van der Waals surface area (Å²) in [6, 6.07) is 12.0. The van der Waals surface area contributed by atoms with Gasteiger partial charge in [-0.25, -0.2) is 0 Å². The topological polar surface area (TPSA) is 18.5 Å². The van der Waals surface area contributed by atoms with E-state index >= 15 is 0 Å². The van der Waals surface area contributed by atoms with Crippen molar-refractivity contribution in [2.24, 2.45) is 0 Å². The lowest BCUT2D eigenvalue weighted by Crippen LogP contribution is -1.90. The lowest BCUT2D eigenvalue weighted by atomic mass is 10.2. The maximum absolute atomic E-state index is 6.16. The molecule has 0 aliphatic heterocycles. The first-order chi connectivity index (χ1) is 9.13. The Labute approximate surface area is 122 Å². The van der Waals surface area contributed by atoms with Gasteiger partial charge in [-0.15, -0.1) is 0 Å². The molecule has 0 bridgehead atoms. The molecule has 0 amide bonds. The van der Waals surface area contributed by atoms with Gasteiger partial charge >= 0.3 is 0 Å². The van der Waals surface area contributed by atoms with Gasteiger partial charge in [0.05, 0.1) is 24.1 Å². The van der Waals surface area contributed by atoms with Gasteiger partial charge in [0, 0.05) is 11.0 Å². The Balaban J connectivity index is 2.33. The molecule has 0 saturated carbocycles. The summed E-state index contributed by atoms with van der Waals surface area (Å²) in [5, 5.41) is 0.581. The van der Waals surface area contributed by atoms with E-state index in [1.54, 1.807) is 32.0 Å². The van der Waals surface area contributed by atoms with Crippen LogP contribution in [-0.4, -0.2) is 14.2 Å². The monoisotopic (exact) mass is 294 g/mol. The Bertz CT molecular complexity index is 567. The van der Waals surface area contributed by atoms with Gasteiger partial charge in [0.15, 0.2) is 0 Å². The van der Waals surface area contributed by atoms with Crippen molar-refractivity contribution in [2.75, 3.05) is 14.2 Å². The van der Waals surface area contributed by atoms with E-state index in [1.165, 1.54) is 5.56 Å². The van der Waals surface area contributed by atoms with Crippen molar-refractivity contribution in [3.63, 3.8) is 0 Å². The fourth-order valence-electron chi connectivity index (χ4n) is 1.65. The molecule has 0 heterocycles. The Hall–Kier alpha value is -1.32. The molecular formula is C15H15ClO2S. The van der Waals surface area contributed by atoms with Gasteiger partial charge in [0.2, 0.25) is 0 Å². The van der Waals surface area contributed by atoms with Crippen molar-refractivity contribution in [1.29, 1.82) is 0 Å². The maximum atomic E-state index is 6.16. The summed E-state index contributed by atoms with van der Waals surface area (Å²) in [5.41, 5.74) is 1.24. The minimum Gasteiger partial charge on any atom is -0.495 e. The summed E-state index contributed by atoms with van der Waals surface area (Å²) in [4.78, 5) is 2.11. The second kappa shape index (κ2) is 6.22. The molecule has 4 heteroatoms. The minimum absolute atomic E-state index is 0.581. The number of rotatable bonds is 4. The van der Waals surface area contributed by atoms with Crippen molar-refractivity contribution in [1.82, 2.24) is 0 Å². The molecule has 0 spiro atoms. The number of methoxy groups -OCH3 is 2. The first-order valence-electron chi connectivity index (χ1n) is 5.80. The smallest absolute Gasteiger partial charge is 0.141 e. The zero-order valence-corrected chi connectivity index (χ0v) is 12.6. The van der Waals surface area contributed by atoms with E-state index in [9.17, 15) is 0 Å². The van der Waals surface area contributed by atoms with Gasteiger partial charge in [-0.2, -0.15) is 0 Å².